The predicted octanol–water partition coefficient (Wildman–Crippen LogP) is 1.41. The first kappa shape index (κ1) is 15.0. The van der Waals surface area contributed by atoms with Crippen LogP contribution in [0.25, 0.3) is 0 Å². The Morgan fingerprint density at radius 2 is 2.14 bits per heavy atom. The third-order valence-corrected chi connectivity index (χ3v) is 3.14. The molecular formula is C14H18N4O3. The highest BCUT2D eigenvalue weighted by Crippen LogP contribution is 2.09. The van der Waals surface area contributed by atoms with Gasteiger partial charge in [-0.2, -0.15) is 0 Å². The lowest BCUT2D eigenvalue weighted by Crippen LogP contribution is -2.15. The maximum Gasteiger partial charge on any atom is 0.306 e. The summed E-state index contributed by atoms with van der Waals surface area (Å²) in [7, 11) is 0. The fraction of sp³-hybridized carbons (Fsp3) is 0.429. The predicted molar refractivity (Wildman–Crippen MR) is 74.9 cm³/mol. The zero-order valence-corrected chi connectivity index (χ0v) is 11.8. The number of nitrogens with zero attached hydrogens (tertiary/aromatic N) is 4. The van der Waals surface area contributed by atoms with Gasteiger partial charge in [0.25, 0.3) is 0 Å². The lowest BCUT2D eigenvalue weighted by Gasteiger charge is -2.08. The molecule has 0 spiro atoms. The molecule has 0 bridgehead atoms. The van der Waals surface area contributed by atoms with Gasteiger partial charge in [0.05, 0.1) is 12.5 Å². The molecule has 1 unspecified atom stereocenters. The van der Waals surface area contributed by atoms with Gasteiger partial charge in [0.2, 0.25) is 0 Å². The van der Waals surface area contributed by atoms with Crippen molar-refractivity contribution in [3.8, 4) is 5.75 Å². The quantitative estimate of drug-likeness (QED) is 0.790. The molecule has 2 rings (SSSR count). The minimum absolute atomic E-state index is 0.414. The maximum absolute atomic E-state index is 10.8. The van der Waals surface area contributed by atoms with Gasteiger partial charge in [-0.15, -0.1) is 5.10 Å². The standard InChI is InChI=1S/C14H18N4O3/c1-11(14(19)20)7-9-18-13(15-16-17-18)8-10-21-12-5-3-2-4-6-12/h2-6,11H,7-10H2,1H3,(H,19,20). The average Bonchev–Trinajstić information content (AvgIpc) is 2.93. The van der Waals surface area contributed by atoms with Crippen LogP contribution in [0.4, 0.5) is 0 Å². The first-order valence-corrected chi connectivity index (χ1v) is 6.82. The number of aromatic nitrogens is 4. The number of tetrazole rings is 1. The Bertz CT molecular complexity index is 571. The summed E-state index contributed by atoms with van der Waals surface area (Å²) in [6.07, 6.45) is 1.07. The van der Waals surface area contributed by atoms with E-state index in [0.717, 1.165) is 5.75 Å². The highest BCUT2D eigenvalue weighted by atomic mass is 16.5. The van der Waals surface area contributed by atoms with Crippen molar-refractivity contribution in [2.45, 2.75) is 26.3 Å². The van der Waals surface area contributed by atoms with E-state index in [4.69, 9.17) is 9.84 Å². The monoisotopic (exact) mass is 290 g/mol. The zero-order valence-electron chi connectivity index (χ0n) is 11.8. The topological polar surface area (TPSA) is 90.1 Å². The number of hydrogen-bond donors (Lipinski definition) is 1. The Morgan fingerprint density at radius 3 is 2.86 bits per heavy atom. The molecule has 0 radical (unpaired) electrons. The van der Waals surface area contributed by atoms with E-state index in [9.17, 15) is 4.79 Å². The minimum atomic E-state index is -0.808. The van der Waals surface area contributed by atoms with Crippen molar-refractivity contribution in [2.75, 3.05) is 6.61 Å². The lowest BCUT2D eigenvalue weighted by molar-refractivity contribution is -0.141. The molecule has 0 saturated carbocycles. The zero-order chi connectivity index (χ0) is 15.1. The molecule has 0 saturated heterocycles. The first-order valence-electron chi connectivity index (χ1n) is 6.82. The molecule has 1 N–H and O–H groups in total. The van der Waals surface area contributed by atoms with Crippen molar-refractivity contribution < 1.29 is 14.6 Å². The summed E-state index contributed by atoms with van der Waals surface area (Å²) in [5.41, 5.74) is 0. The van der Waals surface area contributed by atoms with Crippen LogP contribution in [0.1, 0.15) is 19.2 Å². The van der Waals surface area contributed by atoms with Crippen LogP contribution in [0.2, 0.25) is 0 Å². The highest BCUT2D eigenvalue weighted by Gasteiger charge is 2.13. The number of rotatable bonds is 8. The third kappa shape index (κ3) is 4.55. The molecule has 7 heteroatoms. The smallest absolute Gasteiger partial charge is 0.306 e. The number of benzene rings is 1. The molecule has 112 valence electrons. The van der Waals surface area contributed by atoms with E-state index in [1.807, 2.05) is 30.3 Å². The van der Waals surface area contributed by atoms with Gasteiger partial charge in [-0.05, 0) is 29.0 Å². The van der Waals surface area contributed by atoms with Gasteiger partial charge >= 0.3 is 5.97 Å². The minimum Gasteiger partial charge on any atom is -0.493 e. The molecule has 0 aliphatic rings. The average molecular weight is 290 g/mol. The van der Waals surface area contributed by atoms with Gasteiger partial charge in [0.1, 0.15) is 5.75 Å². The Balaban J connectivity index is 1.81. The van der Waals surface area contributed by atoms with E-state index in [1.165, 1.54) is 0 Å². The second kappa shape index (κ2) is 7.37. The largest absolute Gasteiger partial charge is 0.493 e. The number of aliphatic carboxylic acids is 1. The van der Waals surface area contributed by atoms with Crippen LogP contribution in [-0.4, -0.2) is 37.9 Å². The number of ether oxygens (including phenoxy) is 1. The van der Waals surface area contributed by atoms with Gasteiger partial charge < -0.3 is 9.84 Å². The fourth-order valence-electron chi connectivity index (χ4n) is 1.79. The van der Waals surface area contributed by atoms with Gasteiger partial charge in [-0.3, -0.25) is 4.79 Å². The normalized spacial score (nSPS) is 12.0. The molecular weight excluding hydrogens is 272 g/mol. The SMILES string of the molecule is CC(CCn1nnnc1CCOc1ccccc1)C(=O)O. The number of hydrogen-bond acceptors (Lipinski definition) is 5. The number of carbonyl (C=O) groups is 1. The van der Waals surface area contributed by atoms with Crippen LogP contribution in [0.3, 0.4) is 0 Å². The van der Waals surface area contributed by atoms with Gasteiger partial charge in [-0.25, -0.2) is 4.68 Å². The van der Waals surface area contributed by atoms with Gasteiger partial charge in [-0.1, -0.05) is 25.1 Å². The van der Waals surface area contributed by atoms with Crippen molar-refractivity contribution in [1.82, 2.24) is 20.2 Å². The number of para-hydroxylation sites is 1. The highest BCUT2D eigenvalue weighted by molar-refractivity contribution is 5.69. The van der Waals surface area contributed by atoms with Gasteiger partial charge in [0.15, 0.2) is 5.82 Å². The van der Waals surface area contributed by atoms with E-state index < -0.39 is 11.9 Å². The second-order valence-electron chi connectivity index (χ2n) is 4.76. The van der Waals surface area contributed by atoms with Crippen molar-refractivity contribution in [3.05, 3.63) is 36.2 Å². The number of carboxylic acid groups (broad SMARTS) is 1. The van der Waals surface area contributed by atoms with Crippen molar-refractivity contribution in [2.24, 2.45) is 5.92 Å². The van der Waals surface area contributed by atoms with Crippen LogP contribution in [0.5, 0.6) is 5.75 Å². The first-order chi connectivity index (χ1) is 10.2. The molecule has 1 aromatic heterocycles. The number of aryl methyl sites for hydroxylation is 1. The maximum atomic E-state index is 10.8. The summed E-state index contributed by atoms with van der Waals surface area (Å²) < 4.78 is 7.23. The van der Waals surface area contributed by atoms with Crippen LogP contribution in [0, 0.1) is 5.92 Å². The summed E-state index contributed by atoms with van der Waals surface area (Å²) in [5, 5.41) is 20.3. The lowest BCUT2D eigenvalue weighted by atomic mass is 10.1. The fourth-order valence-corrected chi connectivity index (χ4v) is 1.79. The Hall–Kier alpha value is -2.44. The van der Waals surface area contributed by atoms with Crippen LogP contribution >= 0.6 is 0 Å². The molecule has 1 heterocycles. The van der Waals surface area contributed by atoms with Crippen molar-refractivity contribution >= 4 is 5.97 Å². The van der Waals surface area contributed by atoms with Crippen molar-refractivity contribution in [3.63, 3.8) is 0 Å². The molecule has 1 aromatic carbocycles. The van der Waals surface area contributed by atoms with E-state index in [0.29, 0.717) is 31.8 Å². The Morgan fingerprint density at radius 1 is 1.38 bits per heavy atom. The second-order valence-corrected chi connectivity index (χ2v) is 4.76. The molecule has 0 aliphatic heterocycles. The van der Waals surface area contributed by atoms with Crippen molar-refractivity contribution in [1.29, 1.82) is 0 Å². The Labute approximate surface area is 122 Å². The van der Waals surface area contributed by atoms with E-state index in [-0.39, 0.29) is 0 Å². The van der Waals surface area contributed by atoms with E-state index in [2.05, 4.69) is 15.5 Å². The molecule has 1 atom stereocenters. The van der Waals surface area contributed by atoms with E-state index >= 15 is 0 Å². The summed E-state index contributed by atoms with van der Waals surface area (Å²) in [5.74, 6) is 0.277. The molecule has 0 amide bonds. The van der Waals surface area contributed by atoms with E-state index in [1.54, 1.807) is 11.6 Å². The molecule has 21 heavy (non-hydrogen) atoms. The summed E-state index contributed by atoms with van der Waals surface area (Å²) in [6, 6.07) is 9.52. The summed E-state index contributed by atoms with van der Waals surface area (Å²) >= 11 is 0. The summed E-state index contributed by atoms with van der Waals surface area (Å²) in [6.45, 7) is 2.63. The summed E-state index contributed by atoms with van der Waals surface area (Å²) in [4.78, 5) is 10.8. The van der Waals surface area contributed by atoms with Crippen LogP contribution in [-0.2, 0) is 17.8 Å². The van der Waals surface area contributed by atoms with Gasteiger partial charge in [0, 0.05) is 13.0 Å². The Kier molecular flexibility index (Phi) is 5.25. The number of carboxylic acids is 1. The molecule has 7 nitrogen and oxygen atoms in total. The van der Waals surface area contributed by atoms with Crippen LogP contribution in [0.15, 0.2) is 30.3 Å². The van der Waals surface area contributed by atoms with Crippen LogP contribution < -0.4 is 4.74 Å². The third-order valence-electron chi connectivity index (χ3n) is 3.14. The molecule has 2 aromatic rings. The molecule has 0 fully saturated rings. The molecule has 0 aliphatic carbocycles.